The van der Waals surface area contributed by atoms with Gasteiger partial charge in [0.1, 0.15) is 18.0 Å². The molecule has 1 atom stereocenters. The Morgan fingerprint density at radius 2 is 2.00 bits per heavy atom. The predicted octanol–water partition coefficient (Wildman–Crippen LogP) is 0.875. The van der Waals surface area contributed by atoms with Gasteiger partial charge in [-0.3, -0.25) is 0 Å². The Hall–Kier alpha value is -1.41. The molecule has 2 rings (SSSR count). The van der Waals surface area contributed by atoms with Crippen molar-refractivity contribution in [2.75, 3.05) is 22.2 Å². The Kier molecular flexibility index (Phi) is 3.88. The molecule has 0 aromatic carbocycles. The van der Waals surface area contributed by atoms with Crippen LogP contribution in [0.5, 0.6) is 0 Å². The van der Waals surface area contributed by atoms with Gasteiger partial charge in [0.15, 0.2) is 9.84 Å². The fourth-order valence-electron chi connectivity index (χ4n) is 2.55. The fraction of sp³-hybridized carbons (Fsp3) is 0.667. The minimum Gasteiger partial charge on any atom is -0.363 e. The summed E-state index contributed by atoms with van der Waals surface area (Å²) in [7, 11) is -2.97. The molecule has 1 aromatic heterocycles. The van der Waals surface area contributed by atoms with Crippen molar-refractivity contribution in [2.45, 2.75) is 38.6 Å². The van der Waals surface area contributed by atoms with Gasteiger partial charge >= 0.3 is 0 Å². The zero-order chi connectivity index (χ0) is 15.0. The third-order valence-corrected chi connectivity index (χ3v) is 5.42. The van der Waals surface area contributed by atoms with E-state index in [9.17, 15) is 8.42 Å². The van der Waals surface area contributed by atoms with Crippen LogP contribution in [0.3, 0.4) is 0 Å². The Labute approximate surface area is 119 Å². The van der Waals surface area contributed by atoms with Gasteiger partial charge in [-0.05, 0) is 19.3 Å². The fourth-order valence-corrected chi connectivity index (χ4v) is 4.65. The molecular formula is C12H21N5O2S. The molecule has 4 N–H and O–H groups in total. The average Bonchev–Trinajstić information content (AvgIpc) is 2.62. The van der Waals surface area contributed by atoms with E-state index in [4.69, 9.17) is 5.84 Å². The smallest absolute Gasteiger partial charge is 0.152 e. The molecule has 1 aromatic rings. The van der Waals surface area contributed by atoms with E-state index >= 15 is 0 Å². The van der Waals surface area contributed by atoms with Crippen molar-refractivity contribution in [3.05, 3.63) is 11.9 Å². The SMILES string of the molecule is CC(C)c1c(NN)ncnc1NC1(C)CCS(=O)(=O)C1. The monoisotopic (exact) mass is 299 g/mol. The standard InChI is InChI=1S/C12H21N5O2S/c1-8(2)9-10(14-7-15-11(9)17-13)16-12(3)4-5-20(18,19)6-12/h7-8H,4-6,13H2,1-3H3,(H2,14,15,16,17). The highest BCUT2D eigenvalue weighted by atomic mass is 32.2. The van der Waals surface area contributed by atoms with Crippen molar-refractivity contribution < 1.29 is 8.42 Å². The lowest BCUT2D eigenvalue weighted by Gasteiger charge is -2.27. The van der Waals surface area contributed by atoms with E-state index < -0.39 is 15.4 Å². The molecule has 0 amide bonds. The zero-order valence-electron chi connectivity index (χ0n) is 12.0. The molecule has 1 fully saturated rings. The Bertz CT molecular complexity index is 602. The van der Waals surface area contributed by atoms with E-state index in [0.717, 1.165) is 5.56 Å². The van der Waals surface area contributed by atoms with Crippen LogP contribution in [-0.4, -0.2) is 35.4 Å². The van der Waals surface area contributed by atoms with E-state index in [1.807, 2.05) is 20.8 Å². The first-order valence-corrected chi connectivity index (χ1v) is 8.38. The van der Waals surface area contributed by atoms with Gasteiger partial charge in [-0.2, -0.15) is 0 Å². The molecule has 1 aliphatic rings. The molecule has 20 heavy (non-hydrogen) atoms. The van der Waals surface area contributed by atoms with Crippen molar-refractivity contribution in [1.82, 2.24) is 9.97 Å². The first-order chi connectivity index (χ1) is 9.26. The Balaban J connectivity index is 2.35. The summed E-state index contributed by atoms with van der Waals surface area (Å²) < 4.78 is 23.3. The van der Waals surface area contributed by atoms with Crippen LogP contribution >= 0.6 is 0 Å². The minimum absolute atomic E-state index is 0.118. The molecule has 7 nitrogen and oxygen atoms in total. The molecule has 0 radical (unpaired) electrons. The molecule has 0 bridgehead atoms. The van der Waals surface area contributed by atoms with Gasteiger partial charge < -0.3 is 10.7 Å². The molecule has 8 heteroatoms. The number of hydrazine groups is 1. The van der Waals surface area contributed by atoms with Crippen molar-refractivity contribution in [3.63, 3.8) is 0 Å². The summed E-state index contributed by atoms with van der Waals surface area (Å²) in [5, 5.41) is 3.27. The number of hydrogen-bond donors (Lipinski definition) is 3. The van der Waals surface area contributed by atoms with Crippen LogP contribution in [-0.2, 0) is 9.84 Å². The summed E-state index contributed by atoms with van der Waals surface area (Å²) in [6, 6.07) is 0. The van der Waals surface area contributed by atoms with Crippen LogP contribution in [0.1, 0.15) is 38.7 Å². The highest BCUT2D eigenvalue weighted by molar-refractivity contribution is 7.91. The quantitative estimate of drug-likeness (QED) is 0.559. The van der Waals surface area contributed by atoms with Crippen LogP contribution in [0, 0.1) is 0 Å². The number of aromatic nitrogens is 2. The number of rotatable bonds is 4. The number of hydrogen-bond acceptors (Lipinski definition) is 7. The summed E-state index contributed by atoms with van der Waals surface area (Å²) in [6.07, 6.45) is 1.98. The highest BCUT2D eigenvalue weighted by Crippen LogP contribution is 2.32. The van der Waals surface area contributed by atoms with Crippen LogP contribution in [0.15, 0.2) is 6.33 Å². The average molecular weight is 299 g/mol. The van der Waals surface area contributed by atoms with E-state index in [2.05, 4.69) is 20.7 Å². The maximum Gasteiger partial charge on any atom is 0.152 e. The highest BCUT2D eigenvalue weighted by Gasteiger charge is 2.39. The van der Waals surface area contributed by atoms with Crippen LogP contribution in [0.2, 0.25) is 0 Å². The van der Waals surface area contributed by atoms with Crippen molar-refractivity contribution >= 4 is 21.5 Å². The minimum atomic E-state index is -2.97. The molecular weight excluding hydrogens is 278 g/mol. The molecule has 1 aliphatic heterocycles. The van der Waals surface area contributed by atoms with Gasteiger partial charge in [0, 0.05) is 5.56 Å². The molecule has 0 saturated carbocycles. The van der Waals surface area contributed by atoms with E-state index in [1.54, 1.807) is 0 Å². The topological polar surface area (TPSA) is 110 Å². The first-order valence-electron chi connectivity index (χ1n) is 6.56. The first kappa shape index (κ1) is 15.0. The predicted molar refractivity (Wildman–Crippen MR) is 79.2 cm³/mol. The van der Waals surface area contributed by atoms with E-state index in [-0.39, 0.29) is 17.4 Å². The summed E-state index contributed by atoms with van der Waals surface area (Å²) in [5.41, 5.74) is 2.93. The molecule has 1 saturated heterocycles. The van der Waals surface area contributed by atoms with Crippen LogP contribution in [0.4, 0.5) is 11.6 Å². The van der Waals surface area contributed by atoms with Crippen molar-refractivity contribution in [1.29, 1.82) is 0 Å². The number of nitrogen functional groups attached to an aromatic ring is 1. The summed E-state index contributed by atoms with van der Waals surface area (Å²) >= 11 is 0. The van der Waals surface area contributed by atoms with Gasteiger partial charge in [0.2, 0.25) is 0 Å². The molecule has 1 unspecified atom stereocenters. The molecule has 2 heterocycles. The lowest BCUT2D eigenvalue weighted by atomic mass is 9.99. The van der Waals surface area contributed by atoms with Gasteiger partial charge in [-0.15, -0.1) is 0 Å². The lowest BCUT2D eigenvalue weighted by molar-refractivity contribution is 0.570. The Morgan fingerprint density at radius 1 is 1.35 bits per heavy atom. The molecule has 0 spiro atoms. The largest absolute Gasteiger partial charge is 0.363 e. The second-order valence-electron chi connectivity index (χ2n) is 5.81. The normalized spacial score (nSPS) is 24.9. The summed E-state index contributed by atoms with van der Waals surface area (Å²) in [6.45, 7) is 5.93. The van der Waals surface area contributed by atoms with Gasteiger partial charge in [0.05, 0.1) is 17.0 Å². The second kappa shape index (κ2) is 5.17. The number of sulfone groups is 1. The number of nitrogens with zero attached hydrogens (tertiary/aromatic N) is 2. The maximum absolute atomic E-state index is 11.7. The van der Waals surface area contributed by atoms with E-state index in [1.165, 1.54) is 6.33 Å². The lowest BCUT2D eigenvalue weighted by Crippen LogP contribution is -2.37. The Morgan fingerprint density at radius 3 is 2.50 bits per heavy atom. The number of anilines is 2. The van der Waals surface area contributed by atoms with Crippen molar-refractivity contribution in [3.8, 4) is 0 Å². The second-order valence-corrected chi connectivity index (χ2v) is 8.00. The number of nitrogens with two attached hydrogens (primary N) is 1. The maximum atomic E-state index is 11.7. The van der Waals surface area contributed by atoms with Crippen LogP contribution in [0.25, 0.3) is 0 Å². The number of nitrogens with one attached hydrogen (secondary N) is 2. The van der Waals surface area contributed by atoms with Gasteiger partial charge in [0.25, 0.3) is 0 Å². The zero-order valence-corrected chi connectivity index (χ0v) is 12.8. The third-order valence-electron chi connectivity index (χ3n) is 3.52. The summed E-state index contributed by atoms with van der Waals surface area (Å²) in [4.78, 5) is 8.35. The van der Waals surface area contributed by atoms with Gasteiger partial charge in [-0.1, -0.05) is 13.8 Å². The van der Waals surface area contributed by atoms with Crippen LogP contribution < -0.4 is 16.6 Å². The van der Waals surface area contributed by atoms with Crippen molar-refractivity contribution in [2.24, 2.45) is 5.84 Å². The summed E-state index contributed by atoms with van der Waals surface area (Å²) in [5.74, 6) is 7.16. The molecule has 0 aliphatic carbocycles. The molecule has 112 valence electrons. The third kappa shape index (κ3) is 3.01. The van der Waals surface area contributed by atoms with Gasteiger partial charge in [-0.25, -0.2) is 24.2 Å². The van der Waals surface area contributed by atoms with E-state index in [0.29, 0.717) is 18.1 Å².